The van der Waals surface area contributed by atoms with Gasteiger partial charge < -0.3 is 5.73 Å². The summed E-state index contributed by atoms with van der Waals surface area (Å²) >= 11 is 1.52. The highest BCUT2D eigenvalue weighted by Crippen LogP contribution is 2.24. The minimum absolute atomic E-state index is 0.100. The number of aromatic amines is 1. The number of nitrogen functional groups attached to an aromatic ring is 1. The maximum absolute atomic E-state index is 11.9. The zero-order chi connectivity index (χ0) is 12.0. The number of aromatic nitrogens is 4. The molecule has 3 aromatic heterocycles. The number of imidazole rings is 1. The lowest BCUT2D eigenvalue weighted by Gasteiger charge is -1.97. The first-order valence-electron chi connectivity index (χ1n) is 4.95. The van der Waals surface area contributed by atoms with E-state index in [2.05, 4.69) is 15.0 Å². The predicted octanol–water partition coefficient (Wildman–Crippen LogP) is 1.04. The SMILES string of the molecule is Cc1nc(-c2cccs2)n2c(=O)[nH]c(N)nc12. The van der Waals surface area contributed by atoms with Crippen molar-refractivity contribution in [2.24, 2.45) is 0 Å². The van der Waals surface area contributed by atoms with Gasteiger partial charge in [0.1, 0.15) is 0 Å². The summed E-state index contributed by atoms with van der Waals surface area (Å²) in [4.78, 5) is 23.7. The summed E-state index contributed by atoms with van der Waals surface area (Å²) in [6, 6.07) is 3.82. The molecule has 3 rings (SSSR count). The Bertz CT molecular complexity index is 740. The van der Waals surface area contributed by atoms with Crippen LogP contribution in [0.25, 0.3) is 16.3 Å². The lowest BCUT2D eigenvalue weighted by atomic mass is 10.4. The number of aryl methyl sites for hydroxylation is 1. The lowest BCUT2D eigenvalue weighted by molar-refractivity contribution is 0.967. The average Bonchev–Trinajstić information content (AvgIpc) is 2.86. The van der Waals surface area contributed by atoms with E-state index in [-0.39, 0.29) is 11.6 Å². The normalized spacial score (nSPS) is 11.1. The number of nitrogens with one attached hydrogen (secondary N) is 1. The second kappa shape index (κ2) is 3.42. The van der Waals surface area contributed by atoms with Crippen LogP contribution in [0.4, 0.5) is 5.95 Å². The van der Waals surface area contributed by atoms with Gasteiger partial charge in [0, 0.05) is 0 Å². The summed E-state index contributed by atoms with van der Waals surface area (Å²) < 4.78 is 1.44. The molecule has 7 heteroatoms. The molecular weight excluding hydrogens is 238 g/mol. The minimum atomic E-state index is -0.323. The zero-order valence-corrected chi connectivity index (χ0v) is 9.78. The Morgan fingerprint density at radius 3 is 3.00 bits per heavy atom. The molecule has 3 aromatic rings. The number of hydrogen-bond acceptors (Lipinski definition) is 5. The Morgan fingerprint density at radius 1 is 1.47 bits per heavy atom. The average molecular weight is 247 g/mol. The van der Waals surface area contributed by atoms with Crippen molar-refractivity contribution >= 4 is 22.9 Å². The summed E-state index contributed by atoms with van der Waals surface area (Å²) in [6.07, 6.45) is 0. The molecule has 86 valence electrons. The van der Waals surface area contributed by atoms with Crippen molar-refractivity contribution in [3.63, 3.8) is 0 Å². The van der Waals surface area contributed by atoms with Gasteiger partial charge in [-0.3, -0.25) is 4.98 Å². The third-order valence-electron chi connectivity index (χ3n) is 2.43. The van der Waals surface area contributed by atoms with E-state index in [0.717, 1.165) is 4.88 Å². The number of nitrogens with zero attached hydrogens (tertiary/aromatic N) is 3. The van der Waals surface area contributed by atoms with Gasteiger partial charge >= 0.3 is 5.69 Å². The summed E-state index contributed by atoms with van der Waals surface area (Å²) in [7, 11) is 0. The summed E-state index contributed by atoms with van der Waals surface area (Å²) in [5.41, 5.74) is 6.38. The molecule has 6 nitrogen and oxygen atoms in total. The van der Waals surface area contributed by atoms with E-state index >= 15 is 0 Å². The third-order valence-corrected chi connectivity index (χ3v) is 3.29. The maximum Gasteiger partial charge on any atom is 0.335 e. The molecule has 0 saturated carbocycles. The molecule has 0 aliphatic heterocycles. The van der Waals surface area contributed by atoms with Crippen LogP contribution in [0.1, 0.15) is 5.69 Å². The highest BCUT2D eigenvalue weighted by atomic mass is 32.1. The molecule has 0 atom stereocenters. The molecule has 3 N–H and O–H groups in total. The number of hydrogen-bond donors (Lipinski definition) is 2. The van der Waals surface area contributed by atoms with Crippen LogP contribution >= 0.6 is 11.3 Å². The topological polar surface area (TPSA) is 89.1 Å². The third kappa shape index (κ3) is 1.43. The number of anilines is 1. The molecule has 0 aliphatic carbocycles. The van der Waals surface area contributed by atoms with E-state index in [1.54, 1.807) is 6.92 Å². The van der Waals surface area contributed by atoms with Crippen molar-refractivity contribution < 1.29 is 0 Å². The molecule has 0 fully saturated rings. The Hall–Kier alpha value is -2.15. The Morgan fingerprint density at radius 2 is 2.29 bits per heavy atom. The van der Waals surface area contributed by atoms with Crippen molar-refractivity contribution in [1.29, 1.82) is 0 Å². The summed E-state index contributed by atoms with van der Waals surface area (Å²) in [5.74, 6) is 0.699. The lowest BCUT2D eigenvalue weighted by Crippen LogP contribution is -2.19. The van der Waals surface area contributed by atoms with Crippen molar-refractivity contribution in [2.45, 2.75) is 6.92 Å². The van der Waals surface area contributed by atoms with Crippen molar-refractivity contribution in [2.75, 3.05) is 5.73 Å². The smallest absolute Gasteiger partial charge is 0.335 e. The first-order valence-corrected chi connectivity index (χ1v) is 5.83. The highest BCUT2D eigenvalue weighted by molar-refractivity contribution is 7.13. The quantitative estimate of drug-likeness (QED) is 0.672. The molecule has 0 saturated heterocycles. The summed E-state index contributed by atoms with van der Waals surface area (Å²) in [6.45, 7) is 1.80. The van der Waals surface area contributed by atoms with Gasteiger partial charge in [0.05, 0.1) is 10.6 Å². The van der Waals surface area contributed by atoms with E-state index in [1.807, 2.05) is 17.5 Å². The molecule has 0 aromatic carbocycles. The van der Waals surface area contributed by atoms with Crippen LogP contribution in [0.3, 0.4) is 0 Å². The number of rotatable bonds is 1. The van der Waals surface area contributed by atoms with E-state index in [9.17, 15) is 4.79 Å². The number of thiophene rings is 1. The molecule has 3 heterocycles. The van der Waals surface area contributed by atoms with Crippen molar-refractivity contribution in [1.82, 2.24) is 19.4 Å². The largest absolute Gasteiger partial charge is 0.369 e. The van der Waals surface area contributed by atoms with Gasteiger partial charge in [-0.15, -0.1) is 11.3 Å². The predicted molar refractivity (Wildman–Crippen MR) is 66.1 cm³/mol. The van der Waals surface area contributed by atoms with Crippen molar-refractivity contribution in [3.05, 3.63) is 33.7 Å². The molecule has 17 heavy (non-hydrogen) atoms. The fraction of sp³-hybridized carbons (Fsp3) is 0.100. The van der Waals surface area contributed by atoms with E-state index in [1.165, 1.54) is 15.7 Å². The van der Waals surface area contributed by atoms with Gasteiger partial charge in [-0.2, -0.15) is 4.98 Å². The van der Waals surface area contributed by atoms with Crippen LogP contribution in [0.15, 0.2) is 22.3 Å². The van der Waals surface area contributed by atoms with Crippen LogP contribution in [0, 0.1) is 6.92 Å². The number of nitrogens with two attached hydrogens (primary N) is 1. The van der Waals surface area contributed by atoms with Gasteiger partial charge in [0.25, 0.3) is 0 Å². The number of fused-ring (bicyclic) bond motifs is 1. The van der Waals surface area contributed by atoms with Crippen LogP contribution in [0.5, 0.6) is 0 Å². The van der Waals surface area contributed by atoms with Crippen LogP contribution in [-0.4, -0.2) is 19.4 Å². The molecule has 0 bridgehead atoms. The fourth-order valence-corrected chi connectivity index (χ4v) is 2.43. The van der Waals surface area contributed by atoms with Crippen molar-refractivity contribution in [3.8, 4) is 10.7 Å². The first-order chi connectivity index (χ1) is 8.16. The van der Waals surface area contributed by atoms with Gasteiger partial charge in [-0.25, -0.2) is 14.2 Å². The molecule has 0 unspecified atom stereocenters. The Kier molecular flexibility index (Phi) is 2.02. The standard InChI is InChI=1S/C10H9N5OS/c1-5-7-13-9(11)14-10(16)15(7)8(12-5)6-3-2-4-17-6/h2-4H,1H3,(H3,11,13,14,16). The molecule has 0 spiro atoms. The fourth-order valence-electron chi connectivity index (χ4n) is 1.72. The second-order valence-corrected chi connectivity index (χ2v) is 4.53. The summed E-state index contributed by atoms with van der Waals surface area (Å²) in [5, 5.41) is 1.94. The first kappa shape index (κ1) is 10.0. The van der Waals surface area contributed by atoms with Gasteiger partial charge in [-0.05, 0) is 18.4 Å². The highest BCUT2D eigenvalue weighted by Gasteiger charge is 2.14. The monoisotopic (exact) mass is 247 g/mol. The minimum Gasteiger partial charge on any atom is -0.369 e. The van der Waals surface area contributed by atoms with Crippen LogP contribution in [-0.2, 0) is 0 Å². The molecule has 0 amide bonds. The van der Waals surface area contributed by atoms with Crippen LogP contribution in [0.2, 0.25) is 0 Å². The maximum atomic E-state index is 11.9. The molecular formula is C10H9N5OS. The van der Waals surface area contributed by atoms with E-state index in [4.69, 9.17) is 5.73 Å². The van der Waals surface area contributed by atoms with Gasteiger partial charge in [0.2, 0.25) is 5.95 Å². The second-order valence-electron chi connectivity index (χ2n) is 3.58. The van der Waals surface area contributed by atoms with E-state index < -0.39 is 0 Å². The van der Waals surface area contributed by atoms with Gasteiger partial charge in [-0.1, -0.05) is 6.07 Å². The molecule has 0 aliphatic rings. The zero-order valence-electron chi connectivity index (χ0n) is 8.97. The Labute approximate surface area is 99.8 Å². The molecule has 0 radical (unpaired) electrons. The van der Waals surface area contributed by atoms with E-state index in [0.29, 0.717) is 17.2 Å². The van der Waals surface area contributed by atoms with Crippen LogP contribution < -0.4 is 11.4 Å². The van der Waals surface area contributed by atoms with Gasteiger partial charge in [0.15, 0.2) is 11.5 Å². The Balaban J connectivity index is 2.46. The number of H-pyrrole nitrogens is 1.